The SMILES string of the molecule is NC1C[C@H]2CC[C@@H](C1)N2C1CCOCC1. The summed E-state index contributed by atoms with van der Waals surface area (Å²) in [4.78, 5) is 2.80. The molecular weight excluding hydrogens is 188 g/mol. The summed E-state index contributed by atoms with van der Waals surface area (Å²) in [5.74, 6) is 0. The van der Waals surface area contributed by atoms with Crippen LogP contribution in [0.4, 0.5) is 0 Å². The Morgan fingerprint density at radius 3 is 2.07 bits per heavy atom. The van der Waals surface area contributed by atoms with Crippen LogP contribution in [0, 0.1) is 0 Å². The van der Waals surface area contributed by atoms with E-state index in [0.29, 0.717) is 6.04 Å². The number of ether oxygens (including phenoxy) is 1. The van der Waals surface area contributed by atoms with E-state index in [0.717, 1.165) is 31.3 Å². The van der Waals surface area contributed by atoms with Gasteiger partial charge in [-0.15, -0.1) is 0 Å². The molecule has 0 aromatic carbocycles. The molecule has 3 atom stereocenters. The van der Waals surface area contributed by atoms with Crippen molar-refractivity contribution in [2.45, 2.75) is 62.7 Å². The molecule has 3 aliphatic rings. The zero-order chi connectivity index (χ0) is 10.3. The predicted molar refractivity (Wildman–Crippen MR) is 59.7 cm³/mol. The van der Waals surface area contributed by atoms with Gasteiger partial charge in [0.1, 0.15) is 0 Å². The summed E-state index contributed by atoms with van der Waals surface area (Å²) in [6.07, 6.45) is 7.71. The third-order valence-electron chi connectivity index (χ3n) is 4.44. The minimum absolute atomic E-state index is 0.471. The van der Waals surface area contributed by atoms with Gasteiger partial charge >= 0.3 is 0 Å². The Balaban J connectivity index is 1.70. The number of hydrogen-bond donors (Lipinski definition) is 1. The smallest absolute Gasteiger partial charge is 0.0480 e. The van der Waals surface area contributed by atoms with Crippen molar-refractivity contribution in [3.63, 3.8) is 0 Å². The molecule has 3 saturated heterocycles. The normalized spacial score (nSPS) is 43.4. The second-order valence-electron chi connectivity index (χ2n) is 5.41. The van der Waals surface area contributed by atoms with Gasteiger partial charge in [0.2, 0.25) is 0 Å². The van der Waals surface area contributed by atoms with Crippen molar-refractivity contribution in [3.05, 3.63) is 0 Å². The van der Waals surface area contributed by atoms with Gasteiger partial charge in [0.25, 0.3) is 0 Å². The molecule has 2 N–H and O–H groups in total. The van der Waals surface area contributed by atoms with Gasteiger partial charge in [-0.2, -0.15) is 0 Å². The van der Waals surface area contributed by atoms with Gasteiger partial charge in [-0.25, -0.2) is 0 Å². The molecule has 0 saturated carbocycles. The molecule has 0 aliphatic carbocycles. The van der Waals surface area contributed by atoms with Crippen LogP contribution < -0.4 is 5.73 Å². The fraction of sp³-hybridized carbons (Fsp3) is 1.00. The standard InChI is InChI=1S/C12H22N2O/c13-9-7-11-1-2-12(8-9)14(11)10-3-5-15-6-4-10/h9-12H,1-8,13H2/t9?,11-,12+. The lowest BCUT2D eigenvalue weighted by molar-refractivity contribution is -0.00238. The molecule has 0 radical (unpaired) electrons. The Labute approximate surface area is 91.9 Å². The fourth-order valence-electron chi connectivity index (χ4n) is 3.83. The number of hydrogen-bond acceptors (Lipinski definition) is 3. The molecule has 0 aromatic rings. The summed E-state index contributed by atoms with van der Waals surface area (Å²) in [6.45, 7) is 1.93. The molecule has 0 amide bonds. The van der Waals surface area contributed by atoms with Crippen molar-refractivity contribution >= 4 is 0 Å². The van der Waals surface area contributed by atoms with Gasteiger partial charge in [-0.05, 0) is 38.5 Å². The van der Waals surface area contributed by atoms with Crippen LogP contribution in [0.25, 0.3) is 0 Å². The van der Waals surface area contributed by atoms with Gasteiger partial charge in [0.15, 0.2) is 0 Å². The lowest BCUT2D eigenvalue weighted by atomic mass is 9.94. The largest absolute Gasteiger partial charge is 0.381 e. The second kappa shape index (κ2) is 4.04. The monoisotopic (exact) mass is 210 g/mol. The zero-order valence-corrected chi connectivity index (χ0v) is 9.40. The molecule has 2 bridgehead atoms. The number of fused-ring (bicyclic) bond motifs is 2. The summed E-state index contributed by atoms with van der Waals surface area (Å²) in [5.41, 5.74) is 6.10. The van der Waals surface area contributed by atoms with E-state index in [-0.39, 0.29) is 0 Å². The van der Waals surface area contributed by atoms with E-state index < -0.39 is 0 Å². The van der Waals surface area contributed by atoms with E-state index in [2.05, 4.69) is 4.90 Å². The topological polar surface area (TPSA) is 38.5 Å². The van der Waals surface area contributed by atoms with E-state index in [1.165, 1.54) is 38.5 Å². The minimum Gasteiger partial charge on any atom is -0.381 e. The van der Waals surface area contributed by atoms with Gasteiger partial charge in [0, 0.05) is 37.4 Å². The van der Waals surface area contributed by atoms with Crippen molar-refractivity contribution in [1.29, 1.82) is 0 Å². The number of rotatable bonds is 1. The molecule has 3 aliphatic heterocycles. The maximum absolute atomic E-state index is 6.10. The molecule has 3 fully saturated rings. The van der Waals surface area contributed by atoms with E-state index in [9.17, 15) is 0 Å². The maximum Gasteiger partial charge on any atom is 0.0480 e. The Morgan fingerprint density at radius 1 is 0.867 bits per heavy atom. The van der Waals surface area contributed by atoms with Crippen molar-refractivity contribution < 1.29 is 4.74 Å². The van der Waals surface area contributed by atoms with Crippen molar-refractivity contribution in [2.24, 2.45) is 5.73 Å². The molecule has 3 rings (SSSR count). The molecule has 0 spiro atoms. The van der Waals surface area contributed by atoms with Crippen LogP contribution in [0.3, 0.4) is 0 Å². The lowest BCUT2D eigenvalue weighted by Gasteiger charge is -2.44. The molecule has 15 heavy (non-hydrogen) atoms. The highest BCUT2D eigenvalue weighted by molar-refractivity contribution is 4.99. The number of piperidine rings is 1. The van der Waals surface area contributed by atoms with Crippen LogP contribution >= 0.6 is 0 Å². The molecule has 3 heterocycles. The van der Waals surface area contributed by atoms with Crippen LogP contribution in [0.1, 0.15) is 38.5 Å². The van der Waals surface area contributed by atoms with Crippen molar-refractivity contribution in [2.75, 3.05) is 13.2 Å². The molecular formula is C12H22N2O. The molecule has 0 aromatic heterocycles. The van der Waals surface area contributed by atoms with Gasteiger partial charge in [0.05, 0.1) is 0 Å². The van der Waals surface area contributed by atoms with Crippen molar-refractivity contribution in [1.82, 2.24) is 4.90 Å². The van der Waals surface area contributed by atoms with Crippen LogP contribution in [0.15, 0.2) is 0 Å². The molecule has 3 nitrogen and oxygen atoms in total. The second-order valence-corrected chi connectivity index (χ2v) is 5.41. The Bertz CT molecular complexity index is 214. The zero-order valence-electron chi connectivity index (χ0n) is 9.40. The fourth-order valence-corrected chi connectivity index (χ4v) is 3.83. The average molecular weight is 210 g/mol. The quantitative estimate of drug-likeness (QED) is 0.705. The summed E-state index contributed by atoms with van der Waals surface area (Å²) in [7, 11) is 0. The lowest BCUT2D eigenvalue weighted by Crippen LogP contribution is -2.53. The van der Waals surface area contributed by atoms with Gasteiger partial charge < -0.3 is 10.5 Å². The first-order valence-electron chi connectivity index (χ1n) is 6.45. The van der Waals surface area contributed by atoms with Crippen molar-refractivity contribution in [3.8, 4) is 0 Å². The third-order valence-corrected chi connectivity index (χ3v) is 4.44. The average Bonchev–Trinajstić information content (AvgIpc) is 2.53. The maximum atomic E-state index is 6.10. The minimum atomic E-state index is 0.471. The number of nitrogens with zero attached hydrogens (tertiary/aromatic N) is 1. The summed E-state index contributed by atoms with van der Waals surface area (Å²) < 4.78 is 5.45. The Hall–Kier alpha value is -0.120. The van der Waals surface area contributed by atoms with E-state index >= 15 is 0 Å². The molecule has 1 unspecified atom stereocenters. The van der Waals surface area contributed by atoms with Crippen LogP contribution in [-0.2, 0) is 4.74 Å². The Kier molecular flexibility index (Phi) is 2.71. The third kappa shape index (κ3) is 1.81. The predicted octanol–water partition coefficient (Wildman–Crippen LogP) is 1.12. The van der Waals surface area contributed by atoms with Gasteiger partial charge in [-0.3, -0.25) is 4.90 Å². The van der Waals surface area contributed by atoms with Gasteiger partial charge in [-0.1, -0.05) is 0 Å². The summed E-state index contributed by atoms with van der Waals surface area (Å²) in [5, 5.41) is 0. The highest BCUT2D eigenvalue weighted by Crippen LogP contribution is 2.38. The van der Waals surface area contributed by atoms with E-state index in [1.807, 2.05) is 0 Å². The highest BCUT2D eigenvalue weighted by atomic mass is 16.5. The van der Waals surface area contributed by atoms with Crippen LogP contribution in [0.5, 0.6) is 0 Å². The van der Waals surface area contributed by atoms with Crippen LogP contribution in [0.2, 0.25) is 0 Å². The van der Waals surface area contributed by atoms with Crippen LogP contribution in [-0.4, -0.2) is 42.3 Å². The molecule has 86 valence electrons. The summed E-state index contributed by atoms with van der Waals surface area (Å²) >= 11 is 0. The first-order valence-corrected chi connectivity index (χ1v) is 6.45. The first kappa shape index (κ1) is 10.1. The number of nitrogens with two attached hydrogens (primary N) is 1. The van der Waals surface area contributed by atoms with E-state index in [4.69, 9.17) is 10.5 Å². The first-order chi connectivity index (χ1) is 7.34. The summed E-state index contributed by atoms with van der Waals surface area (Å²) in [6, 6.07) is 2.85. The van der Waals surface area contributed by atoms with E-state index in [1.54, 1.807) is 0 Å². The highest BCUT2D eigenvalue weighted by Gasteiger charge is 2.42. The Morgan fingerprint density at radius 2 is 1.47 bits per heavy atom. The molecule has 3 heteroatoms.